The summed E-state index contributed by atoms with van der Waals surface area (Å²) in [5.41, 5.74) is 5.66. The first kappa shape index (κ1) is 15.4. The predicted molar refractivity (Wildman–Crippen MR) is 105 cm³/mol. The molecule has 1 nitrogen and oxygen atoms in total. The third kappa shape index (κ3) is 2.45. The molecule has 1 heterocycles. The molecular formula is C24H20FN. The van der Waals surface area contributed by atoms with Gasteiger partial charge in [0.15, 0.2) is 0 Å². The molecule has 3 aromatic carbocycles. The van der Waals surface area contributed by atoms with E-state index in [2.05, 4.69) is 59.9 Å². The molecule has 0 unspecified atom stereocenters. The molecule has 0 amide bonds. The van der Waals surface area contributed by atoms with Crippen LogP contribution in [0.1, 0.15) is 29.5 Å². The van der Waals surface area contributed by atoms with E-state index < -0.39 is 0 Å². The number of benzene rings is 3. The summed E-state index contributed by atoms with van der Waals surface area (Å²) >= 11 is 0. The van der Waals surface area contributed by atoms with Gasteiger partial charge < -0.3 is 5.32 Å². The molecular weight excluding hydrogens is 321 g/mol. The Balaban J connectivity index is 1.59. The minimum Gasteiger partial charge on any atom is -0.378 e. The smallest absolute Gasteiger partial charge is 0.128 e. The zero-order valence-corrected chi connectivity index (χ0v) is 14.4. The molecule has 0 aromatic heterocycles. The lowest BCUT2D eigenvalue weighted by atomic mass is 9.76. The Morgan fingerprint density at radius 2 is 1.62 bits per heavy atom. The lowest BCUT2D eigenvalue weighted by Crippen LogP contribution is -2.29. The highest BCUT2D eigenvalue weighted by molar-refractivity contribution is 5.71. The monoisotopic (exact) mass is 341 g/mol. The van der Waals surface area contributed by atoms with Crippen molar-refractivity contribution in [1.29, 1.82) is 0 Å². The number of fused-ring (bicyclic) bond motifs is 3. The maximum absolute atomic E-state index is 14.4. The predicted octanol–water partition coefficient (Wildman–Crippen LogP) is 6.32. The average molecular weight is 341 g/mol. The van der Waals surface area contributed by atoms with Crippen molar-refractivity contribution in [3.8, 4) is 11.1 Å². The standard InChI is InChI=1S/C24H20FN/c25-22-12-5-4-9-20(22)24-19-11-6-10-18(19)21-15-17(13-14-23(21)26-24)16-7-2-1-3-8-16/h1-10,12-15,18-19,24,26H,11H2/t18-,19+,24-/m1/s1. The molecule has 0 bridgehead atoms. The Bertz CT molecular complexity index is 977. The Hall–Kier alpha value is -2.87. The molecule has 5 rings (SSSR count). The third-order valence-corrected chi connectivity index (χ3v) is 5.71. The minimum absolute atomic E-state index is 0.00581. The third-order valence-electron chi connectivity index (χ3n) is 5.71. The van der Waals surface area contributed by atoms with E-state index in [1.165, 1.54) is 16.7 Å². The van der Waals surface area contributed by atoms with E-state index in [4.69, 9.17) is 0 Å². The van der Waals surface area contributed by atoms with Crippen molar-refractivity contribution in [3.05, 3.63) is 102 Å². The highest BCUT2D eigenvalue weighted by atomic mass is 19.1. The number of nitrogens with one attached hydrogen (secondary N) is 1. The van der Waals surface area contributed by atoms with Crippen LogP contribution in [0.15, 0.2) is 84.9 Å². The number of hydrogen-bond acceptors (Lipinski definition) is 1. The number of hydrogen-bond donors (Lipinski definition) is 1. The lowest BCUT2D eigenvalue weighted by molar-refractivity contribution is 0.413. The first-order valence-electron chi connectivity index (χ1n) is 9.18. The van der Waals surface area contributed by atoms with Crippen LogP contribution >= 0.6 is 0 Å². The van der Waals surface area contributed by atoms with E-state index in [0.717, 1.165) is 17.7 Å². The summed E-state index contributed by atoms with van der Waals surface area (Å²) in [5, 5.41) is 3.62. The molecule has 128 valence electrons. The first-order valence-corrected chi connectivity index (χ1v) is 9.18. The van der Waals surface area contributed by atoms with Gasteiger partial charge in [-0.3, -0.25) is 0 Å². The van der Waals surface area contributed by atoms with Gasteiger partial charge >= 0.3 is 0 Å². The molecule has 0 spiro atoms. The largest absolute Gasteiger partial charge is 0.378 e. The maximum Gasteiger partial charge on any atom is 0.128 e. The van der Waals surface area contributed by atoms with Crippen LogP contribution in [0, 0.1) is 11.7 Å². The second kappa shape index (κ2) is 6.14. The molecule has 1 N–H and O–H groups in total. The fourth-order valence-corrected chi connectivity index (χ4v) is 4.44. The first-order chi connectivity index (χ1) is 12.8. The number of allylic oxidation sites excluding steroid dienone is 2. The van der Waals surface area contributed by atoms with E-state index in [-0.39, 0.29) is 11.9 Å². The summed E-state index contributed by atoms with van der Waals surface area (Å²) < 4.78 is 14.4. The maximum atomic E-state index is 14.4. The van der Waals surface area contributed by atoms with Crippen LogP contribution in [-0.2, 0) is 0 Å². The summed E-state index contributed by atoms with van der Waals surface area (Å²) in [4.78, 5) is 0. The Kier molecular flexibility index (Phi) is 3.63. The molecule has 1 aliphatic heterocycles. The molecule has 1 aliphatic carbocycles. The zero-order valence-electron chi connectivity index (χ0n) is 14.4. The van der Waals surface area contributed by atoms with Gasteiger partial charge in [-0.2, -0.15) is 0 Å². The van der Waals surface area contributed by atoms with Gasteiger partial charge in [0, 0.05) is 17.2 Å². The second-order valence-electron chi connectivity index (χ2n) is 7.17. The Morgan fingerprint density at radius 3 is 2.46 bits per heavy atom. The van der Waals surface area contributed by atoms with Crippen LogP contribution in [0.3, 0.4) is 0 Å². The quantitative estimate of drug-likeness (QED) is 0.538. The summed E-state index contributed by atoms with van der Waals surface area (Å²) in [7, 11) is 0. The summed E-state index contributed by atoms with van der Waals surface area (Å²) in [6, 6.07) is 24.2. The molecule has 3 atom stereocenters. The normalized spacial score (nSPS) is 23.2. The van der Waals surface area contributed by atoms with Crippen LogP contribution in [0.2, 0.25) is 0 Å². The van der Waals surface area contributed by atoms with Crippen molar-refractivity contribution in [2.75, 3.05) is 5.32 Å². The molecule has 0 saturated heterocycles. The second-order valence-corrected chi connectivity index (χ2v) is 7.17. The van der Waals surface area contributed by atoms with E-state index in [0.29, 0.717) is 11.8 Å². The van der Waals surface area contributed by atoms with Gasteiger partial charge in [-0.25, -0.2) is 4.39 Å². The Morgan fingerprint density at radius 1 is 0.808 bits per heavy atom. The van der Waals surface area contributed by atoms with E-state index in [1.54, 1.807) is 12.1 Å². The summed E-state index contributed by atoms with van der Waals surface area (Å²) in [5.74, 6) is 0.560. The van der Waals surface area contributed by atoms with Crippen molar-refractivity contribution in [2.45, 2.75) is 18.4 Å². The zero-order chi connectivity index (χ0) is 17.5. The van der Waals surface area contributed by atoms with Gasteiger partial charge in [0.05, 0.1) is 6.04 Å². The number of rotatable bonds is 2. The van der Waals surface area contributed by atoms with E-state index >= 15 is 0 Å². The van der Waals surface area contributed by atoms with Crippen molar-refractivity contribution < 1.29 is 4.39 Å². The molecule has 0 radical (unpaired) electrons. The van der Waals surface area contributed by atoms with Gasteiger partial charge in [0.2, 0.25) is 0 Å². The fourth-order valence-electron chi connectivity index (χ4n) is 4.44. The van der Waals surface area contributed by atoms with Crippen molar-refractivity contribution in [1.82, 2.24) is 0 Å². The van der Waals surface area contributed by atoms with Gasteiger partial charge in [0.1, 0.15) is 5.82 Å². The van der Waals surface area contributed by atoms with E-state index in [1.807, 2.05) is 18.2 Å². The SMILES string of the molecule is Fc1ccccc1[C@@H]1Nc2ccc(-c3ccccc3)cc2[C@@H]2C=CC[C@@H]21. The van der Waals surface area contributed by atoms with Crippen molar-refractivity contribution in [3.63, 3.8) is 0 Å². The lowest BCUT2D eigenvalue weighted by Gasteiger charge is -2.38. The van der Waals surface area contributed by atoms with Crippen molar-refractivity contribution in [2.24, 2.45) is 5.92 Å². The molecule has 26 heavy (non-hydrogen) atoms. The molecule has 0 saturated carbocycles. The van der Waals surface area contributed by atoms with Crippen LogP contribution in [0.25, 0.3) is 11.1 Å². The van der Waals surface area contributed by atoms with Crippen LogP contribution in [-0.4, -0.2) is 0 Å². The average Bonchev–Trinajstić information content (AvgIpc) is 3.18. The van der Waals surface area contributed by atoms with Gasteiger partial charge in [0.25, 0.3) is 0 Å². The molecule has 2 aliphatic rings. The van der Waals surface area contributed by atoms with Crippen molar-refractivity contribution >= 4 is 5.69 Å². The van der Waals surface area contributed by atoms with Gasteiger partial charge in [-0.05, 0) is 47.2 Å². The van der Waals surface area contributed by atoms with Gasteiger partial charge in [-0.15, -0.1) is 0 Å². The molecule has 2 heteroatoms. The van der Waals surface area contributed by atoms with Crippen LogP contribution < -0.4 is 5.32 Å². The summed E-state index contributed by atoms with van der Waals surface area (Å²) in [6.45, 7) is 0. The Labute approximate surface area is 153 Å². The van der Waals surface area contributed by atoms with Crippen LogP contribution in [0.5, 0.6) is 0 Å². The van der Waals surface area contributed by atoms with Gasteiger partial charge in [-0.1, -0.05) is 66.7 Å². The highest BCUT2D eigenvalue weighted by Gasteiger charge is 2.38. The number of anilines is 1. The highest BCUT2D eigenvalue weighted by Crippen LogP contribution is 2.50. The molecule has 0 fully saturated rings. The number of halogens is 1. The topological polar surface area (TPSA) is 12.0 Å². The minimum atomic E-state index is -0.125. The summed E-state index contributed by atoms with van der Waals surface area (Å²) in [6.07, 6.45) is 5.52. The van der Waals surface area contributed by atoms with E-state index in [9.17, 15) is 4.39 Å². The molecule has 3 aromatic rings. The van der Waals surface area contributed by atoms with Crippen LogP contribution in [0.4, 0.5) is 10.1 Å². The fraction of sp³-hybridized carbons (Fsp3) is 0.167.